The molecule has 0 bridgehead atoms. The number of hydrogen-bond acceptors (Lipinski definition) is 1. The first-order valence-electron chi connectivity index (χ1n) is 16.8. The lowest BCUT2D eigenvalue weighted by atomic mass is 9.93. The van der Waals surface area contributed by atoms with E-state index in [1.165, 1.54) is 55.6 Å². The van der Waals surface area contributed by atoms with Crippen molar-refractivity contribution in [3.05, 3.63) is 212 Å². The van der Waals surface area contributed by atoms with Crippen LogP contribution in [0.3, 0.4) is 0 Å². The molecule has 49 heavy (non-hydrogen) atoms. The van der Waals surface area contributed by atoms with E-state index in [-0.39, 0.29) is 0 Å². The van der Waals surface area contributed by atoms with Gasteiger partial charge in [0, 0.05) is 17.1 Å². The van der Waals surface area contributed by atoms with E-state index < -0.39 is 0 Å². The van der Waals surface area contributed by atoms with Crippen LogP contribution >= 0.6 is 0 Å². The fourth-order valence-corrected chi connectivity index (χ4v) is 6.67. The van der Waals surface area contributed by atoms with Crippen LogP contribution in [0.2, 0.25) is 0 Å². The van der Waals surface area contributed by atoms with E-state index in [1.54, 1.807) is 0 Å². The van der Waals surface area contributed by atoms with Crippen molar-refractivity contribution in [3.63, 3.8) is 0 Å². The highest BCUT2D eigenvalue weighted by atomic mass is 15.1. The van der Waals surface area contributed by atoms with Crippen molar-refractivity contribution in [3.8, 4) is 55.6 Å². The molecule has 8 aromatic carbocycles. The Morgan fingerprint density at radius 2 is 0.510 bits per heavy atom. The zero-order valence-corrected chi connectivity index (χ0v) is 27.2. The molecule has 1 heteroatoms. The van der Waals surface area contributed by atoms with Gasteiger partial charge in [0.1, 0.15) is 0 Å². The second kappa shape index (κ2) is 13.7. The monoisotopic (exact) mass is 625 g/mol. The smallest absolute Gasteiger partial charge is 0.0468 e. The van der Waals surface area contributed by atoms with Gasteiger partial charge in [-0.1, -0.05) is 176 Å². The summed E-state index contributed by atoms with van der Waals surface area (Å²) in [5.41, 5.74) is 15.4. The van der Waals surface area contributed by atoms with Gasteiger partial charge in [-0.2, -0.15) is 0 Å². The third-order valence-electron chi connectivity index (χ3n) is 9.11. The van der Waals surface area contributed by atoms with Gasteiger partial charge in [0.15, 0.2) is 0 Å². The lowest BCUT2D eigenvalue weighted by molar-refractivity contribution is 1.28. The second-order valence-electron chi connectivity index (χ2n) is 12.2. The van der Waals surface area contributed by atoms with Crippen LogP contribution in [0.5, 0.6) is 0 Å². The van der Waals surface area contributed by atoms with Gasteiger partial charge in [0.25, 0.3) is 0 Å². The summed E-state index contributed by atoms with van der Waals surface area (Å²) in [4.78, 5) is 2.36. The Kier molecular flexibility index (Phi) is 8.39. The molecule has 232 valence electrons. The Morgan fingerprint density at radius 1 is 0.204 bits per heavy atom. The van der Waals surface area contributed by atoms with Crippen molar-refractivity contribution in [2.24, 2.45) is 0 Å². The average Bonchev–Trinajstić information content (AvgIpc) is 3.20. The van der Waals surface area contributed by atoms with Gasteiger partial charge in [0.05, 0.1) is 0 Å². The van der Waals surface area contributed by atoms with Crippen LogP contribution < -0.4 is 4.90 Å². The van der Waals surface area contributed by atoms with Crippen molar-refractivity contribution in [2.45, 2.75) is 0 Å². The molecule has 0 unspecified atom stereocenters. The predicted molar refractivity (Wildman–Crippen MR) is 208 cm³/mol. The molecule has 0 N–H and O–H groups in total. The Bertz CT molecular complexity index is 2280. The minimum atomic E-state index is 1.10. The van der Waals surface area contributed by atoms with Crippen molar-refractivity contribution in [1.29, 1.82) is 0 Å². The molecule has 0 amide bonds. The predicted octanol–water partition coefficient (Wildman–Crippen LogP) is 13.5. The third-order valence-corrected chi connectivity index (χ3v) is 9.11. The number of hydrogen-bond donors (Lipinski definition) is 0. The molecule has 0 aromatic heterocycles. The van der Waals surface area contributed by atoms with E-state index in [4.69, 9.17) is 0 Å². The molecule has 1 nitrogen and oxygen atoms in total. The zero-order chi connectivity index (χ0) is 32.8. The molecular weight excluding hydrogens is 591 g/mol. The normalized spacial score (nSPS) is 10.9. The van der Waals surface area contributed by atoms with Crippen LogP contribution in [-0.4, -0.2) is 0 Å². The molecule has 0 aliphatic rings. The fraction of sp³-hybridized carbons (Fsp3) is 0. The molecule has 8 aromatic rings. The molecule has 0 fully saturated rings. The molecule has 8 rings (SSSR count). The standard InChI is InChI=1S/C48H35N/c1-5-15-36(16-6-1)37-25-29-42(30-26-37)49(43-31-27-41(28-32-43)46-24-14-13-23-45(46)38-17-7-2-8-18-38)44-33-34-47(39-19-9-3-10-20-39)48(35-44)40-21-11-4-12-22-40/h1-35H. The van der Waals surface area contributed by atoms with Crippen LogP contribution in [-0.2, 0) is 0 Å². The maximum Gasteiger partial charge on any atom is 0.0468 e. The summed E-state index contributed by atoms with van der Waals surface area (Å²) in [6.45, 7) is 0. The molecule has 0 aliphatic heterocycles. The maximum atomic E-state index is 2.36. The van der Waals surface area contributed by atoms with Crippen LogP contribution in [0.15, 0.2) is 212 Å². The van der Waals surface area contributed by atoms with Crippen LogP contribution in [0.4, 0.5) is 17.1 Å². The zero-order valence-electron chi connectivity index (χ0n) is 27.2. The van der Waals surface area contributed by atoms with Gasteiger partial charge in [-0.25, -0.2) is 0 Å². The Morgan fingerprint density at radius 3 is 0.980 bits per heavy atom. The Hall–Kier alpha value is -6.44. The molecule has 0 spiro atoms. The molecular formula is C48H35N. The number of anilines is 3. The van der Waals surface area contributed by atoms with E-state index in [0.29, 0.717) is 0 Å². The van der Waals surface area contributed by atoms with E-state index >= 15 is 0 Å². The van der Waals surface area contributed by atoms with E-state index in [2.05, 4.69) is 217 Å². The SMILES string of the molecule is c1ccc(-c2ccc(N(c3ccc(-c4ccccc4-c4ccccc4)cc3)c3ccc(-c4ccccc4)c(-c4ccccc4)c3)cc2)cc1. The highest BCUT2D eigenvalue weighted by molar-refractivity contribution is 5.90. The van der Waals surface area contributed by atoms with E-state index in [1.807, 2.05) is 0 Å². The summed E-state index contributed by atoms with van der Waals surface area (Å²) >= 11 is 0. The lowest BCUT2D eigenvalue weighted by Gasteiger charge is -2.27. The van der Waals surface area contributed by atoms with Gasteiger partial charge in [-0.3, -0.25) is 0 Å². The first-order valence-corrected chi connectivity index (χ1v) is 16.8. The highest BCUT2D eigenvalue weighted by Gasteiger charge is 2.17. The van der Waals surface area contributed by atoms with Gasteiger partial charge < -0.3 is 4.90 Å². The molecule has 0 atom stereocenters. The third kappa shape index (κ3) is 6.31. The molecule has 0 radical (unpaired) electrons. The van der Waals surface area contributed by atoms with Crippen molar-refractivity contribution in [1.82, 2.24) is 0 Å². The van der Waals surface area contributed by atoms with Gasteiger partial charge >= 0.3 is 0 Å². The van der Waals surface area contributed by atoms with Crippen molar-refractivity contribution >= 4 is 17.1 Å². The molecule has 0 heterocycles. The summed E-state index contributed by atoms with van der Waals surface area (Å²) in [6, 6.07) is 75.9. The first kappa shape index (κ1) is 29.9. The van der Waals surface area contributed by atoms with Crippen LogP contribution in [0.1, 0.15) is 0 Å². The fourth-order valence-electron chi connectivity index (χ4n) is 6.67. The maximum absolute atomic E-state index is 2.36. The minimum absolute atomic E-state index is 1.10. The highest BCUT2D eigenvalue weighted by Crippen LogP contribution is 2.42. The number of rotatable bonds is 8. The summed E-state index contributed by atoms with van der Waals surface area (Å²) in [5.74, 6) is 0. The minimum Gasteiger partial charge on any atom is -0.310 e. The number of benzene rings is 8. The topological polar surface area (TPSA) is 3.24 Å². The van der Waals surface area contributed by atoms with Crippen LogP contribution in [0, 0.1) is 0 Å². The quantitative estimate of drug-likeness (QED) is 0.162. The summed E-state index contributed by atoms with van der Waals surface area (Å²) in [7, 11) is 0. The van der Waals surface area contributed by atoms with Gasteiger partial charge in [-0.15, -0.1) is 0 Å². The lowest BCUT2D eigenvalue weighted by Crippen LogP contribution is -2.10. The first-order chi connectivity index (χ1) is 24.3. The summed E-state index contributed by atoms with van der Waals surface area (Å²) in [6.07, 6.45) is 0. The summed E-state index contributed by atoms with van der Waals surface area (Å²) < 4.78 is 0. The molecule has 0 saturated carbocycles. The van der Waals surface area contributed by atoms with Gasteiger partial charge in [0.2, 0.25) is 0 Å². The second-order valence-corrected chi connectivity index (χ2v) is 12.2. The van der Waals surface area contributed by atoms with Crippen molar-refractivity contribution < 1.29 is 0 Å². The number of nitrogens with zero attached hydrogens (tertiary/aromatic N) is 1. The largest absolute Gasteiger partial charge is 0.310 e. The van der Waals surface area contributed by atoms with Crippen molar-refractivity contribution in [2.75, 3.05) is 4.90 Å². The molecule has 0 aliphatic carbocycles. The van der Waals surface area contributed by atoms with E-state index in [0.717, 1.165) is 17.1 Å². The Labute approximate surface area is 289 Å². The Balaban J connectivity index is 1.25. The summed E-state index contributed by atoms with van der Waals surface area (Å²) in [5, 5.41) is 0. The van der Waals surface area contributed by atoms with Gasteiger partial charge in [-0.05, 0) is 92.0 Å². The molecule has 0 saturated heterocycles. The van der Waals surface area contributed by atoms with Crippen LogP contribution in [0.25, 0.3) is 55.6 Å². The van der Waals surface area contributed by atoms with E-state index in [9.17, 15) is 0 Å². The average molecular weight is 626 g/mol.